The van der Waals surface area contributed by atoms with Crippen molar-refractivity contribution in [3.05, 3.63) is 35.4 Å². The molecule has 22 heavy (non-hydrogen) atoms. The van der Waals surface area contributed by atoms with Gasteiger partial charge in [0.05, 0.1) is 6.10 Å². The van der Waals surface area contributed by atoms with Crippen molar-refractivity contribution in [2.75, 3.05) is 6.54 Å². The summed E-state index contributed by atoms with van der Waals surface area (Å²) in [6, 6.07) is 3.35. The summed E-state index contributed by atoms with van der Waals surface area (Å²) >= 11 is 0. The minimum Gasteiger partial charge on any atom is -0.444 e. The first-order chi connectivity index (χ1) is 10.1. The van der Waals surface area contributed by atoms with Gasteiger partial charge in [0.15, 0.2) is 11.6 Å². The first-order valence-electron chi connectivity index (χ1n) is 6.88. The first kappa shape index (κ1) is 18.3. The van der Waals surface area contributed by atoms with Crippen molar-refractivity contribution in [1.29, 1.82) is 0 Å². The summed E-state index contributed by atoms with van der Waals surface area (Å²) in [7, 11) is 0. The zero-order valence-corrected chi connectivity index (χ0v) is 12.8. The lowest BCUT2D eigenvalue weighted by atomic mass is 10.0. The number of amides is 1. The molecule has 0 spiro atoms. The van der Waals surface area contributed by atoms with Gasteiger partial charge in [-0.25, -0.2) is 13.6 Å². The first-order valence-corrected chi connectivity index (χ1v) is 6.88. The van der Waals surface area contributed by atoms with E-state index >= 15 is 0 Å². The van der Waals surface area contributed by atoms with E-state index in [0.29, 0.717) is 0 Å². The average molecular weight is 317 g/mol. The second-order valence-electron chi connectivity index (χ2n) is 5.87. The molecule has 0 saturated heterocycles. The molecule has 5 nitrogen and oxygen atoms in total. The van der Waals surface area contributed by atoms with Crippen LogP contribution in [-0.4, -0.2) is 34.6 Å². The molecule has 0 bridgehead atoms. The van der Waals surface area contributed by atoms with Gasteiger partial charge in [0.2, 0.25) is 0 Å². The number of hydrogen-bond acceptors (Lipinski definition) is 4. The maximum Gasteiger partial charge on any atom is 0.407 e. The Morgan fingerprint density at radius 2 is 1.95 bits per heavy atom. The van der Waals surface area contributed by atoms with E-state index in [1.165, 1.54) is 12.1 Å². The van der Waals surface area contributed by atoms with E-state index in [4.69, 9.17) is 4.74 Å². The minimum atomic E-state index is -1.59. The van der Waals surface area contributed by atoms with Gasteiger partial charge in [-0.15, -0.1) is 0 Å². The monoisotopic (exact) mass is 317 g/mol. The highest BCUT2D eigenvalue weighted by Gasteiger charge is 2.23. The lowest BCUT2D eigenvalue weighted by Gasteiger charge is -2.21. The number of rotatable bonds is 5. The highest BCUT2D eigenvalue weighted by Crippen LogP contribution is 2.23. The second-order valence-corrected chi connectivity index (χ2v) is 5.87. The van der Waals surface area contributed by atoms with Gasteiger partial charge in [0, 0.05) is 12.1 Å². The Bertz CT molecular complexity index is 517. The Balaban J connectivity index is 2.50. The van der Waals surface area contributed by atoms with Gasteiger partial charge in [-0.05, 0) is 33.3 Å². The molecule has 7 heteroatoms. The lowest BCUT2D eigenvalue weighted by molar-refractivity contribution is 0.0100. The molecular formula is C15H21F2NO4. The van der Waals surface area contributed by atoms with E-state index in [2.05, 4.69) is 5.32 Å². The average Bonchev–Trinajstić information content (AvgIpc) is 2.39. The maximum absolute atomic E-state index is 13.5. The predicted molar refractivity (Wildman–Crippen MR) is 76.2 cm³/mol. The molecule has 1 rings (SSSR count). The molecule has 0 aromatic heterocycles. The Kier molecular flexibility index (Phi) is 6.25. The van der Waals surface area contributed by atoms with Crippen molar-refractivity contribution >= 4 is 6.09 Å². The van der Waals surface area contributed by atoms with Crippen molar-refractivity contribution in [2.24, 2.45) is 0 Å². The highest BCUT2D eigenvalue weighted by molar-refractivity contribution is 5.67. The third-order valence-electron chi connectivity index (χ3n) is 2.77. The van der Waals surface area contributed by atoms with E-state index in [1.807, 2.05) is 0 Å². The number of aliphatic hydroxyl groups is 2. The van der Waals surface area contributed by atoms with E-state index in [9.17, 15) is 23.8 Å². The molecule has 3 N–H and O–H groups in total. The number of alkyl carbamates (subject to hydrolysis) is 1. The fraction of sp³-hybridized carbons (Fsp3) is 0.533. The fourth-order valence-electron chi connectivity index (χ4n) is 1.75. The van der Waals surface area contributed by atoms with E-state index < -0.39 is 35.5 Å². The molecular weight excluding hydrogens is 296 g/mol. The van der Waals surface area contributed by atoms with Crippen LogP contribution in [0.15, 0.2) is 18.2 Å². The molecule has 2 atom stereocenters. The second kappa shape index (κ2) is 7.51. The summed E-state index contributed by atoms with van der Waals surface area (Å²) in [4.78, 5) is 11.4. The Labute approximate surface area is 127 Å². The van der Waals surface area contributed by atoms with E-state index in [-0.39, 0.29) is 18.5 Å². The van der Waals surface area contributed by atoms with Crippen LogP contribution in [0.3, 0.4) is 0 Å². The molecule has 0 radical (unpaired) electrons. The van der Waals surface area contributed by atoms with Crippen LogP contribution >= 0.6 is 0 Å². The summed E-state index contributed by atoms with van der Waals surface area (Å²) in [5.41, 5.74) is -0.975. The molecule has 0 aliphatic rings. The van der Waals surface area contributed by atoms with Crippen molar-refractivity contribution < 1.29 is 28.5 Å². The predicted octanol–water partition coefficient (Wildman–Crippen LogP) is 2.27. The van der Waals surface area contributed by atoms with E-state index in [1.54, 1.807) is 20.8 Å². The topological polar surface area (TPSA) is 78.8 Å². The van der Waals surface area contributed by atoms with Crippen LogP contribution < -0.4 is 5.32 Å². The molecule has 0 saturated carbocycles. The van der Waals surface area contributed by atoms with Gasteiger partial charge >= 0.3 is 6.09 Å². The maximum atomic E-state index is 13.5. The van der Waals surface area contributed by atoms with E-state index in [0.717, 1.165) is 6.07 Å². The van der Waals surface area contributed by atoms with Crippen LogP contribution in [0.2, 0.25) is 0 Å². The quantitative estimate of drug-likeness (QED) is 0.778. The van der Waals surface area contributed by atoms with Crippen LogP contribution in [0.1, 0.15) is 38.9 Å². The smallest absolute Gasteiger partial charge is 0.407 e. The van der Waals surface area contributed by atoms with Crippen molar-refractivity contribution in [3.8, 4) is 0 Å². The minimum absolute atomic E-state index is 0.0179. The summed E-state index contributed by atoms with van der Waals surface area (Å²) in [6.07, 6.45) is -3.65. The third kappa shape index (κ3) is 5.57. The molecule has 2 unspecified atom stereocenters. The summed E-state index contributed by atoms with van der Waals surface area (Å²) < 4.78 is 31.6. The molecule has 0 heterocycles. The molecule has 0 aliphatic heterocycles. The molecule has 1 amide bonds. The number of halogens is 2. The summed E-state index contributed by atoms with van der Waals surface area (Å²) in [6.45, 7) is 5.14. The van der Waals surface area contributed by atoms with Crippen LogP contribution in [0.5, 0.6) is 0 Å². The lowest BCUT2D eigenvalue weighted by Crippen LogP contribution is -2.34. The molecule has 0 aliphatic carbocycles. The number of benzene rings is 1. The summed E-state index contributed by atoms with van der Waals surface area (Å²) in [5.74, 6) is -2.30. The molecule has 1 aromatic carbocycles. The molecule has 124 valence electrons. The largest absolute Gasteiger partial charge is 0.444 e. The molecule has 1 aromatic rings. The van der Waals surface area contributed by atoms with Crippen LogP contribution in [0, 0.1) is 11.6 Å². The van der Waals surface area contributed by atoms with Crippen LogP contribution in [0.25, 0.3) is 0 Å². The van der Waals surface area contributed by atoms with Gasteiger partial charge in [-0.2, -0.15) is 0 Å². The molecule has 0 fully saturated rings. The normalized spacial score (nSPS) is 14.3. The summed E-state index contributed by atoms with van der Waals surface area (Å²) in [5, 5.41) is 22.0. The number of nitrogens with one attached hydrogen (secondary N) is 1. The number of ether oxygens (including phenoxy) is 1. The van der Waals surface area contributed by atoms with Crippen LogP contribution in [-0.2, 0) is 4.74 Å². The zero-order chi connectivity index (χ0) is 16.9. The van der Waals surface area contributed by atoms with Gasteiger partial charge in [-0.1, -0.05) is 12.1 Å². The van der Waals surface area contributed by atoms with Crippen molar-refractivity contribution in [1.82, 2.24) is 5.32 Å². The Morgan fingerprint density at radius 3 is 2.55 bits per heavy atom. The Hall–Kier alpha value is -1.73. The Morgan fingerprint density at radius 1 is 1.32 bits per heavy atom. The fourth-order valence-corrected chi connectivity index (χ4v) is 1.75. The third-order valence-corrected chi connectivity index (χ3v) is 2.77. The zero-order valence-electron chi connectivity index (χ0n) is 12.8. The standard InChI is InChI=1S/C15H21F2NO4/c1-15(2,3)22-14(21)18-8-7-11(19)13(20)9-5-4-6-10(16)12(9)17/h4-6,11,13,19-20H,7-8H2,1-3H3,(H,18,21). The van der Waals surface area contributed by atoms with Gasteiger partial charge in [0.1, 0.15) is 11.7 Å². The number of carbonyl (C=O) groups is 1. The highest BCUT2D eigenvalue weighted by atomic mass is 19.2. The SMILES string of the molecule is CC(C)(C)OC(=O)NCCC(O)C(O)c1cccc(F)c1F. The number of carbonyl (C=O) groups excluding carboxylic acids is 1. The number of hydrogen-bond donors (Lipinski definition) is 3. The van der Waals surface area contributed by atoms with Gasteiger partial charge in [-0.3, -0.25) is 0 Å². The van der Waals surface area contributed by atoms with Crippen molar-refractivity contribution in [3.63, 3.8) is 0 Å². The van der Waals surface area contributed by atoms with Gasteiger partial charge in [0.25, 0.3) is 0 Å². The van der Waals surface area contributed by atoms with Crippen molar-refractivity contribution in [2.45, 2.75) is 45.0 Å². The number of aliphatic hydroxyl groups excluding tert-OH is 2. The van der Waals surface area contributed by atoms with Gasteiger partial charge < -0.3 is 20.3 Å². The van der Waals surface area contributed by atoms with Crippen LogP contribution in [0.4, 0.5) is 13.6 Å².